The Kier molecular flexibility index (Phi) is 4.31. The molecule has 0 spiro atoms. The molecule has 4 aromatic rings. The van der Waals surface area contributed by atoms with Gasteiger partial charge in [-0.15, -0.1) is 0 Å². The minimum absolute atomic E-state index is 0.658. The van der Waals surface area contributed by atoms with Gasteiger partial charge in [-0.25, -0.2) is 4.98 Å². The molecule has 0 aliphatic carbocycles. The van der Waals surface area contributed by atoms with E-state index in [1.165, 1.54) is 0 Å². The summed E-state index contributed by atoms with van der Waals surface area (Å²) in [6.45, 7) is 2.00. The monoisotopic (exact) mass is 359 g/mol. The van der Waals surface area contributed by atoms with Gasteiger partial charge >= 0.3 is 0 Å². The van der Waals surface area contributed by atoms with Crippen LogP contribution in [-0.2, 0) is 5.54 Å². The Balaban J connectivity index is 2.19. The maximum atomic E-state index is 6.70. The zero-order valence-corrected chi connectivity index (χ0v) is 15.1. The summed E-state index contributed by atoms with van der Waals surface area (Å²) < 4.78 is 2.17. The highest BCUT2D eigenvalue weighted by molar-refractivity contribution is 6.31. The van der Waals surface area contributed by atoms with Gasteiger partial charge in [0.15, 0.2) is 0 Å². The second-order valence-corrected chi connectivity index (χ2v) is 6.55. The molecule has 2 aromatic carbocycles. The van der Waals surface area contributed by atoms with Gasteiger partial charge in [0.05, 0.1) is 0 Å². The van der Waals surface area contributed by atoms with Crippen LogP contribution in [0.2, 0.25) is 5.02 Å². The van der Waals surface area contributed by atoms with Crippen molar-refractivity contribution in [2.45, 2.75) is 12.5 Å². The van der Waals surface area contributed by atoms with E-state index in [0.717, 1.165) is 22.5 Å². The molecule has 3 nitrogen and oxygen atoms in total. The third-order valence-corrected chi connectivity index (χ3v) is 5.06. The summed E-state index contributed by atoms with van der Waals surface area (Å²) in [6, 6.07) is 22.5. The number of benzene rings is 2. The molecule has 0 unspecified atom stereocenters. The zero-order chi connectivity index (χ0) is 18.0. The molecule has 0 saturated heterocycles. The number of hydrogen-bond donors (Lipinski definition) is 0. The van der Waals surface area contributed by atoms with Crippen molar-refractivity contribution >= 4 is 11.6 Å². The SMILES string of the molecule is Cc1nccn1C(c1ccccc1)(c1ccccc1)c1cnccc1Cl. The fourth-order valence-electron chi connectivity index (χ4n) is 3.62. The summed E-state index contributed by atoms with van der Waals surface area (Å²) in [6.07, 6.45) is 7.38. The van der Waals surface area contributed by atoms with E-state index in [-0.39, 0.29) is 0 Å². The summed E-state index contributed by atoms with van der Waals surface area (Å²) in [5, 5.41) is 0.667. The van der Waals surface area contributed by atoms with Crippen LogP contribution in [0.3, 0.4) is 0 Å². The van der Waals surface area contributed by atoms with Crippen LogP contribution in [0, 0.1) is 6.92 Å². The predicted molar refractivity (Wildman–Crippen MR) is 104 cm³/mol. The van der Waals surface area contributed by atoms with E-state index >= 15 is 0 Å². The lowest BCUT2D eigenvalue weighted by atomic mass is 9.77. The highest BCUT2D eigenvalue weighted by Gasteiger charge is 2.40. The quantitative estimate of drug-likeness (QED) is 0.508. The predicted octanol–water partition coefficient (Wildman–Crippen LogP) is 5.08. The van der Waals surface area contributed by atoms with Gasteiger partial charge in [-0.3, -0.25) is 4.98 Å². The molecule has 0 aliphatic rings. The Bertz CT molecular complexity index is 970. The molecule has 2 aromatic heterocycles. The molecule has 0 amide bonds. The minimum Gasteiger partial charge on any atom is -0.317 e. The second kappa shape index (κ2) is 6.77. The van der Waals surface area contributed by atoms with Crippen molar-refractivity contribution in [2.24, 2.45) is 0 Å². The molecule has 0 saturated carbocycles. The van der Waals surface area contributed by atoms with E-state index < -0.39 is 5.54 Å². The fourth-order valence-corrected chi connectivity index (χ4v) is 3.86. The molecular weight excluding hydrogens is 342 g/mol. The average Bonchev–Trinajstić information content (AvgIpc) is 3.12. The van der Waals surface area contributed by atoms with Gasteiger partial charge < -0.3 is 4.57 Å². The first-order valence-electron chi connectivity index (χ1n) is 8.46. The van der Waals surface area contributed by atoms with Crippen molar-refractivity contribution in [3.05, 3.63) is 119 Å². The van der Waals surface area contributed by atoms with Gasteiger partial charge in [0.1, 0.15) is 11.4 Å². The summed E-state index contributed by atoms with van der Waals surface area (Å²) in [5.74, 6) is 0.901. The van der Waals surface area contributed by atoms with Crippen LogP contribution in [-0.4, -0.2) is 14.5 Å². The summed E-state index contributed by atoms with van der Waals surface area (Å²) in [4.78, 5) is 8.87. The summed E-state index contributed by atoms with van der Waals surface area (Å²) in [5.41, 5.74) is 2.46. The van der Waals surface area contributed by atoms with Crippen LogP contribution in [0.25, 0.3) is 0 Å². The van der Waals surface area contributed by atoms with Crippen LogP contribution in [0.1, 0.15) is 22.5 Å². The topological polar surface area (TPSA) is 30.7 Å². The van der Waals surface area contributed by atoms with Crippen LogP contribution >= 0.6 is 11.6 Å². The first-order valence-corrected chi connectivity index (χ1v) is 8.84. The van der Waals surface area contributed by atoms with Crippen LogP contribution in [0.5, 0.6) is 0 Å². The number of pyridine rings is 1. The molecule has 0 aliphatic heterocycles. The molecule has 0 atom stereocenters. The van der Waals surface area contributed by atoms with Crippen molar-refractivity contribution < 1.29 is 0 Å². The highest BCUT2D eigenvalue weighted by atomic mass is 35.5. The number of rotatable bonds is 4. The lowest BCUT2D eigenvalue weighted by Crippen LogP contribution is -2.38. The largest absolute Gasteiger partial charge is 0.317 e. The molecule has 0 fully saturated rings. The normalized spacial score (nSPS) is 11.5. The Morgan fingerprint density at radius 2 is 1.46 bits per heavy atom. The Morgan fingerprint density at radius 3 is 1.96 bits per heavy atom. The molecule has 0 bridgehead atoms. The molecule has 4 heteroatoms. The maximum Gasteiger partial charge on any atom is 0.124 e. The summed E-state index contributed by atoms with van der Waals surface area (Å²) >= 11 is 6.70. The van der Waals surface area contributed by atoms with E-state index in [1.54, 1.807) is 6.20 Å². The second-order valence-electron chi connectivity index (χ2n) is 6.14. The molecule has 0 N–H and O–H groups in total. The number of halogens is 1. The molecule has 0 radical (unpaired) electrons. The third-order valence-electron chi connectivity index (χ3n) is 4.73. The Labute approximate surface area is 157 Å². The Morgan fingerprint density at radius 1 is 0.846 bits per heavy atom. The van der Waals surface area contributed by atoms with Crippen molar-refractivity contribution in [1.82, 2.24) is 14.5 Å². The molecule has 26 heavy (non-hydrogen) atoms. The lowest BCUT2D eigenvalue weighted by molar-refractivity contribution is 0.500. The fraction of sp³-hybridized carbons (Fsp3) is 0.0909. The van der Waals surface area contributed by atoms with E-state index in [9.17, 15) is 0 Å². The molecular formula is C22H18ClN3. The van der Waals surface area contributed by atoms with E-state index in [0.29, 0.717) is 5.02 Å². The van der Waals surface area contributed by atoms with Crippen LogP contribution in [0.4, 0.5) is 0 Å². The number of aromatic nitrogens is 3. The van der Waals surface area contributed by atoms with Gasteiger partial charge in [-0.2, -0.15) is 0 Å². The van der Waals surface area contributed by atoms with Crippen molar-refractivity contribution in [1.29, 1.82) is 0 Å². The molecule has 2 heterocycles. The van der Waals surface area contributed by atoms with E-state index in [1.807, 2.05) is 68.0 Å². The van der Waals surface area contributed by atoms with Crippen molar-refractivity contribution in [3.8, 4) is 0 Å². The van der Waals surface area contributed by atoms with E-state index in [4.69, 9.17) is 11.6 Å². The Hall–Kier alpha value is -2.91. The van der Waals surface area contributed by atoms with Crippen LogP contribution in [0.15, 0.2) is 91.5 Å². The summed E-state index contributed by atoms with van der Waals surface area (Å²) in [7, 11) is 0. The number of imidazole rings is 1. The first-order chi connectivity index (χ1) is 12.7. The smallest absolute Gasteiger partial charge is 0.124 e. The minimum atomic E-state index is -0.658. The molecule has 128 valence electrons. The number of hydrogen-bond acceptors (Lipinski definition) is 2. The maximum absolute atomic E-state index is 6.70. The number of nitrogens with zero attached hydrogens (tertiary/aromatic N) is 3. The lowest BCUT2D eigenvalue weighted by Gasteiger charge is -2.38. The van der Waals surface area contributed by atoms with Crippen LogP contribution < -0.4 is 0 Å². The van der Waals surface area contributed by atoms with Crippen molar-refractivity contribution in [2.75, 3.05) is 0 Å². The standard InChI is InChI=1S/C22H18ClN3/c1-17-25-14-15-26(17)22(18-8-4-2-5-9-18,19-10-6-3-7-11-19)20-16-24-13-12-21(20)23/h2-16H,1H3. The van der Waals surface area contributed by atoms with Gasteiger partial charge in [0.2, 0.25) is 0 Å². The highest BCUT2D eigenvalue weighted by Crippen LogP contribution is 2.43. The van der Waals surface area contributed by atoms with Gasteiger partial charge in [0.25, 0.3) is 0 Å². The molecule has 4 rings (SSSR count). The zero-order valence-electron chi connectivity index (χ0n) is 14.4. The van der Waals surface area contributed by atoms with E-state index in [2.05, 4.69) is 38.8 Å². The number of aryl methyl sites for hydroxylation is 1. The third kappa shape index (κ3) is 2.52. The van der Waals surface area contributed by atoms with Gasteiger partial charge in [-0.1, -0.05) is 72.3 Å². The van der Waals surface area contributed by atoms with Gasteiger partial charge in [0, 0.05) is 35.4 Å². The average molecular weight is 360 g/mol. The van der Waals surface area contributed by atoms with Gasteiger partial charge in [-0.05, 0) is 24.1 Å². The first kappa shape index (κ1) is 16.6. The van der Waals surface area contributed by atoms with Crippen molar-refractivity contribution in [3.63, 3.8) is 0 Å².